The number of carbonyl (C=O) groups excluding carboxylic acids is 2. The van der Waals surface area contributed by atoms with E-state index < -0.39 is 5.92 Å². The van der Waals surface area contributed by atoms with Crippen molar-refractivity contribution in [3.05, 3.63) is 60.2 Å². The van der Waals surface area contributed by atoms with Crippen LogP contribution in [-0.4, -0.2) is 18.4 Å². The van der Waals surface area contributed by atoms with Crippen molar-refractivity contribution in [1.82, 2.24) is 0 Å². The fourth-order valence-electron chi connectivity index (χ4n) is 2.53. The van der Waals surface area contributed by atoms with Crippen molar-refractivity contribution in [3.8, 4) is 0 Å². The second-order valence-corrected chi connectivity index (χ2v) is 6.41. The van der Waals surface area contributed by atoms with E-state index in [2.05, 4.69) is 10.6 Å². The molecule has 0 fully saturated rings. The zero-order valence-electron chi connectivity index (χ0n) is 14.7. The molecule has 2 aromatic carbocycles. The van der Waals surface area contributed by atoms with Gasteiger partial charge in [-0.05, 0) is 35.7 Å². The average molecular weight is 339 g/mol. The minimum absolute atomic E-state index is 0.0148. The molecule has 0 saturated heterocycles. The minimum atomic E-state index is -0.397. The molecule has 0 spiro atoms. The molecule has 0 heterocycles. The summed E-state index contributed by atoms with van der Waals surface area (Å²) in [7, 11) is 0. The van der Waals surface area contributed by atoms with Gasteiger partial charge in [0.1, 0.15) is 0 Å². The Morgan fingerprint density at radius 3 is 2.00 bits per heavy atom. The van der Waals surface area contributed by atoms with Crippen LogP contribution in [0, 0.1) is 5.92 Å². The topological polar surface area (TPSA) is 84.2 Å². The fourth-order valence-corrected chi connectivity index (χ4v) is 2.53. The Hall–Kier alpha value is -2.66. The summed E-state index contributed by atoms with van der Waals surface area (Å²) in [5.41, 5.74) is 8.04. The molecule has 0 aliphatic rings. The second kappa shape index (κ2) is 8.99. The van der Waals surface area contributed by atoms with E-state index in [0.717, 1.165) is 5.56 Å². The van der Waals surface area contributed by atoms with Crippen LogP contribution in [0.4, 0.5) is 11.4 Å². The van der Waals surface area contributed by atoms with Gasteiger partial charge in [0, 0.05) is 24.3 Å². The zero-order valence-corrected chi connectivity index (χ0v) is 14.7. The van der Waals surface area contributed by atoms with E-state index in [-0.39, 0.29) is 18.4 Å². The SMILES string of the molecule is CC(C)CC(=O)Nc1ccc(NC(=O)C(CN)c2ccccc2)cc1. The average Bonchev–Trinajstić information content (AvgIpc) is 2.57. The quantitative estimate of drug-likeness (QED) is 0.723. The van der Waals surface area contributed by atoms with Gasteiger partial charge in [0.15, 0.2) is 0 Å². The Labute approximate surface area is 148 Å². The van der Waals surface area contributed by atoms with Crippen molar-refractivity contribution >= 4 is 23.2 Å². The van der Waals surface area contributed by atoms with Crippen LogP contribution < -0.4 is 16.4 Å². The van der Waals surface area contributed by atoms with Gasteiger partial charge >= 0.3 is 0 Å². The van der Waals surface area contributed by atoms with E-state index in [1.54, 1.807) is 24.3 Å². The summed E-state index contributed by atoms with van der Waals surface area (Å²) in [6, 6.07) is 16.5. The summed E-state index contributed by atoms with van der Waals surface area (Å²) in [4.78, 5) is 24.2. The van der Waals surface area contributed by atoms with Crippen molar-refractivity contribution < 1.29 is 9.59 Å². The lowest BCUT2D eigenvalue weighted by Crippen LogP contribution is -2.27. The molecule has 0 bridgehead atoms. The highest BCUT2D eigenvalue weighted by atomic mass is 16.2. The maximum absolute atomic E-state index is 12.5. The number of carbonyl (C=O) groups is 2. The highest BCUT2D eigenvalue weighted by Gasteiger charge is 2.18. The molecular weight excluding hydrogens is 314 g/mol. The summed E-state index contributed by atoms with van der Waals surface area (Å²) < 4.78 is 0. The third kappa shape index (κ3) is 5.72. The van der Waals surface area contributed by atoms with E-state index in [1.807, 2.05) is 44.2 Å². The molecule has 0 aromatic heterocycles. The first kappa shape index (κ1) is 18.7. The molecule has 5 heteroatoms. The summed E-state index contributed by atoms with van der Waals surface area (Å²) in [6.45, 7) is 4.23. The lowest BCUT2D eigenvalue weighted by Gasteiger charge is -2.15. The molecule has 2 aromatic rings. The molecule has 5 nitrogen and oxygen atoms in total. The minimum Gasteiger partial charge on any atom is -0.329 e. The number of nitrogens with two attached hydrogens (primary N) is 1. The Morgan fingerprint density at radius 1 is 0.920 bits per heavy atom. The Kier molecular flexibility index (Phi) is 6.71. The molecule has 4 N–H and O–H groups in total. The van der Waals surface area contributed by atoms with Crippen LogP contribution in [0.2, 0.25) is 0 Å². The smallest absolute Gasteiger partial charge is 0.233 e. The number of nitrogens with one attached hydrogen (secondary N) is 2. The van der Waals surface area contributed by atoms with Crippen molar-refractivity contribution in [2.24, 2.45) is 11.7 Å². The largest absolute Gasteiger partial charge is 0.329 e. The molecule has 1 unspecified atom stereocenters. The number of anilines is 2. The van der Waals surface area contributed by atoms with Gasteiger partial charge in [-0.3, -0.25) is 9.59 Å². The standard InChI is InChI=1S/C20H25N3O2/c1-14(2)12-19(24)22-16-8-10-17(11-9-16)23-20(25)18(13-21)15-6-4-3-5-7-15/h3-11,14,18H,12-13,21H2,1-2H3,(H,22,24)(H,23,25). The monoisotopic (exact) mass is 339 g/mol. The maximum atomic E-state index is 12.5. The first-order chi connectivity index (χ1) is 12.0. The van der Waals surface area contributed by atoms with Gasteiger partial charge in [-0.2, -0.15) is 0 Å². The van der Waals surface area contributed by atoms with Crippen LogP contribution in [0.3, 0.4) is 0 Å². The van der Waals surface area contributed by atoms with Crippen LogP contribution >= 0.6 is 0 Å². The lowest BCUT2D eigenvalue weighted by atomic mass is 9.98. The van der Waals surface area contributed by atoms with Gasteiger partial charge < -0.3 is 16.4 Å². The van der Waals surface area contributed by atoms with Crippen molar-refractivity contribution in [3.63, 3.8) is 0 Å². The third-order valence-electron chi connectivity index (χ3n) is 3.78. The first-order valence-electron chi connectivity index (χ1n) is 8.45. The second-order valence-electron chi connectivity index (χ2n) is 6.41. The van der Waals surface area contributed by atoms with Gasteiger partial charge in [-0.1, -0.05) is 44.2 Å². The van der Waals surface area contributed by atoms with Crippen molar-refractivity contribution in [1.29, 1.82) is 0 Å². The van der Waals surface area contributed by atoms with Gasteiger partial charge in [-0.25, -0.2) is 0 Å². The van der Waals surface area contributed by atoms with Gasteiger partial charge in [0.05, 0.1) is 5.92 Å². The summed E-state index contributed by atoms with van der Waals surface area (Å²) >= 11 is 0. The van der Waals surface area contributed by atoms with E-state index in [4.69, 9.17) is 5.73 Å². The number of rotatable bonds is 7. The predicted octanol–water partition coefficient (Wildman–Crippen LogP) is 3.35. The maximum Gasteiger partial charge on any atom is 0.233 e. The normalized spacial score (nSPS) is 11.8. The molecule has 2 amide bonds. The summed E-state index contributed by atoms with van der Waals surface area (Å²) in [6.07, 6.45) is 0.480. The van der Waals surface area contributed by atoms with E-state index in [1.165, 1.54) is 0 Å². The van der Waals surface area contributed by atoms with Crippen LogP contribution in [0.1, 0.15) is 31.7 Å². The van der Waals surface area contributed by atoms with Crippen LogP contribution in [0.25, 0.3) is 0 Å². The number of benzene rings is 2. The first-order valence-corrected chi connectivity index (χ1v) is 8.45. The highest BCUT2D eigenvalue weighted by molar-refractivity contribution is 5.96. The summed E-state index contributed by atoms with van der Waals surface area (Å²) in [5, 5.41) is 5.71. The number of hydrogen-bond acceptors (Lipinski definition) is 3. The lowest BCUT2D eigenvalue weighted by molar-refractivity contribution is -0.118. The van der Waals surface area contributed by atoms with Crippen molar-refractivity contribution in [2.45, 2.75) is 26.2 Å². The van der Waals surface area contributed by atoms with Crippen LogP contribution in [0.15, 0.2) is 54.6 Å². The number of hydrogen-bond donors (Lipinski definition) is 3. The zero-order chi connectivity index (χ0) is 18.2. The molecule has 0 aliphatic heterocycles. The number of amides is 2. The van der Waals surface area contributed by atoms with Crippen LogP contribution in [0.5, 0.6) is 0 Å². The van der Waals surface area contributed by atoms with Crippen molar-refractivity contribution in [2.75, 3.05) is 17.2 Å². The van der Waals surface area contributed by atoms with Gasteiger partial charge in [-0.15, -0.1) is 0 Å². The van der Waals surface area contributed by atoms with E-state index in [0.29, 0.717) is 23.7 Å². The van der Waals surface area contributed by atoms with E-state index >= 15 is 0 Å². The van der Waals surface area contributed by atoms with E-state index in [9.17, 15) is 9.59 Å². The molecule has 132 valence electrons. The molecule has 0 aliphatic carbocycles. The molecule has 2 rings (SSSR count). The molecule has 0 saturated carbocycles. The third-order valence-corrected chi connectivity index (χ3v) is 3.78. The molecular formula is C20H25N3O2. The Balaban J connectivity index is 1.98. The predicted molar refractivity (Wildman–Crippen MR) is 101 cm³/mol. The Bertz CT molecular complexity index is 697. The summed E-state index contributed by atoms with van der Waals surface area (Å²) in [5.74, 6) is -0.249. The Morgan fingerprint density at radius 2 is 1.48 bits per heavy atom. The fraction of sp³-hybridized carbons (Fsp3) is 0.300. The molecule has 25 heavy (non-hydrogen) atoms. The highest BCUT2D eigenvalue weighted by Crippen LogP contribution is 2.19. The molecule has 0 radical (unpaired) electrons. The van der Waals surface area contributed by atoms with Gasteiger partial charge in [0.25, 0.3) is 0 Å². The van der Waals surface area contributed by atoms with Crippen LogP contribution in [-0.2, 0) is 9.59 Å². The molecule has 1 atom stereocenters. The van der Waals surface area contributed by atoms with Gasteiger partial charge in [0.2, 0.25) is 11.8 Å².